The summed E-state index contributed by atoms with van der Waals surface area (Å²) < 4.78 is 0. The SMILES string of the molecule is Nc1cc(NC(=O)Cc2cccc(O)c2)ccc1Cl. The number of phenolic OH excluding ortho intramolecular Hbond substituents is 1. The molecule has 2 aromatic carbocycles. The van der Waals surface area contributed by atoms with Gasteiger partial charge in [0.05, 0.1) is 17.1 Å². The van der Waals surface area contributed by atoms with E-state index in [9.17, 15) is 9.90 Å². The van der Waals surface area contributed by atoms with E-state index in [2.05, 4.69) is 5.32 Å². The van der Waals surface area contributed by atoms with Crippen LogP contribution in [0.15, 0.2) is 42.5 Å². The van der Waals surface area contributed by atoms with E-state index in [0.29, 0.717) is 16.4 Å². The highest BCUT2D eigenvalue weighted by atomic mass is 35.5. The van der Waals surface area contributed by atoms with Crippen LogP contribution in [0.5, 0.6) is 5.75 Å². The number of phenols is 1. The van der Waals surface area contributed by atoms with Crippen LogP contribution in [-0.2, 0) is 11.2 Å². The number of amides is 1. The molecule has 0 bridgehead atoms. The first-order valence-electron chi connectivity index (χ1n) is 5.67. The van der Waals surface area contributed by atoms with Crippen molar-refractivity contribution in [1.29, 1.82) is 0 Å². The normalized spacial score (nSPS) is 10.2. The zero-order valence-electron chi connectivity index (χ0n) is 10.1. The lowest BCUT2D eigenvalue weighted by atomic mass is 10.1. The van der Waals surface area contributed by atoms with Gasteiger partial charge in [-0.1, -0.05) is 23.7 Å². The van der Waals surface area contributed by atoms with E-state index in [1.165, 1.54) is 0 Å². The molecule has 0 saturated carbocycles. The summed E-state index contributed by atoms with van der Waals surface area (Å²) in [6.45, 7) is 0. The molecule has 0 aromatic heterocycles. The van der Waals surface area contributed by atoms with Crippen LogP contribution in [0.3, 0.4) is 0 Å². The van der Waals surface area contributed by atoms with Crippen LogP contribution in [-0.4, -0.2) is 11.0 Å². The monoisotopic (exact) mass is 276 g/mol. The molecule has 0 aliphatic carbocycles. The quantitative estimate of drug-likeness (QED) is 0.755. The third-order valence-corrected chi connectivity index (χ3v) is 2.90. The second-order valence-corrected chi connectivity index (χ2v) is 4.54. The zero-order valence-corrected chi connectivity index (χ0v) is 10.8. The zero-order chi connectivity index (χ0) is 13.8. The Morgan fingerprint density at radius 2 is 2.05 bits per heavy atom. The summed E-state index contributed by atoms with van der Waals surface area (Å²) in [6.07, 6.45) is 0.178. The highest BCUT2D eigenvalue weighted by molar-refractivity contribution is 6.33. The van der Waals surface area contributed by atoms with Crippen molar-refractivity contribution in [1.82, 2.24) is 0 Å². The van der Waals surface area contributed by atoms with Gasteiger partial charge in [-0.25, -0.2) is 0 Å². The molecule has 1 amide bonds. The number of hydrogen-bond donors (Lipinski definition) is 3. The highest BCUT2D eigenvalue weighted by Crippen LogP contribution is 2.22. The predicted molar refractivity (Wildman–Crippen MR) is 76.3 cm³/mol. The third-order valence-electron chi connectivity index (χ3n) is 2.56. The molecule has 4 nitrogen and oxygen atoms in total. The number of aromatic hydroxyl groups is 1. The third kappa shape index (κ3) is 3.63. The number of nitrogens with one attached hydrogen (secondary N) is 1. The largest absolute Gasteiger partial charge is 0.508 e. The van der Waals surface area contributed by atoms with Crippen molar-refractivity contribution in [3.05, 3.63) is 53.1 Å². The van der Waals surface area contributed by atoms with Gasteiger partial charge in [0.2, 0.25) is 5.91 Å². The standard InChI is InChI=1S/C14H13ClN2O2/c15-12-5-4-10(8-13(12)16)17-14(19)7-9-2-1-3-11(18)6-9/h1-6,8,18H,7,16H2,(H,17,19). The fourth-order valence-corrected chi connectivity index (χ4v) is 1.80. The minimum Gasteiger partial charge on any atom is -0.508 e. The number of nitrogen functional groups attached to an aromatic ring is 1. The number of nitrogens with two attached hydrogens (primary N) is 1. The lowest BCUT2D eigenvalue weighted by Crippen LogP contribution is -2.14. The summed E-state index contributed by atoms with van der Waals surface area (Å²) in [5.41, 5.74) is 7.39. The van der Waals surface area contributed by atoms with E-state index in [-0.39, 0.29) is 18.1 Å². The second-order valence-electron chi connectivity index (χ2n) is 4.13. The van der Waals surface area contributed by atoms with Crippen LogP contribution in [0.2, 0.25) is 5.02 Å². The van der Waals surface area contributed by atoms with Crippen molar-refractivity contribution in [3.63, 3.8) is 0 Å². The van der Waals surface area contributed by atoms with Crippen LogP contribution >= 0.6 is 11.6 Å². The number of carbonyl (C=O) groups excluding carboxylic acids is 1. The van der Waals surface area contributed by atoms with E-state index in [4.69, 9.17) is 17.3 Å². The first-order valence-corrected chi connectivity index (χ1v) is 6.05. The fraction of sp³-hybridized carbons (Fsp3) is 0.0714. The van der Waals surface area contributed by atoms with E-state index in [1.807, 2.05) is 0 Å². The predicted octanol–water partition coefficient (Wildman–Crippen LogP) is 2.81. The average Bonchev–Trinajstić information content (AvgIpc) is 2.34. The van der Waals surface area contributed by atoms with Crippen molar-refractivity contribution in [2.75, 3.05) is 11.1 Å². The number of hydrogen-bond acceptors (Lipinski definition) is 3. The summed E-state index contributed by atoms with van der Waals surface area (Å²) >= 11 is 5.80. The molecule has 0 atom stereocenters. The Hall–Kier alpha value is -2.20. The van der Waals surface area contributed by atoms with E-state index in [1.54, 1.807) is 42.5 Å². The van der Waals surface area contributed by atoms with E-state index >= 15 is 0 Å². The minimum absolute atomic E-state index is 0.140. The summed E-state index contributed by atoms with van der Waals surface area (Å²) in [7, 11) is 0. The van der Waals surface area contributed by atoms with Gasteiger partial charge in [0.1, 0.15) is 5.75 Å². The molecule has 0 heterocycles. The van der Waals surface area contributed by atoms with Gasteiger partial charge < -0.3 is 16.2 Å². The maximum Gasteiger partial charge on any atom is 0.228 e. The number of anilines is 2. The maximum absolute atomic E-state index is 11.8. The highest BCUT2D eigenvalue weighted by Gasteiger charge is 2.06. The number of halogens is 1. The molecule has 5 heteroatoms. The van der Waals surface area contributed by atoms with E-state index in [0.717, 1.165) is 5.56 Å². The van der Waals surface area contributed by atoms with Crippen molar-refractivity contribution >= 4 is 28.9 Å². The van der Waals surface area contributed by atoms with Crippen LogP contribution < -0.4 is 11.1 Å². The Labute approximate surface area is 115 Å². The van der Waals surface area contributed by atoms with Crippen molar-refractivity contribution in [2.45, 2.75) is 6.42 Å². The van der Waals surface area contributed by atoms with Gasteiger partial charge in [-0.3, -0.25) is 4.79 Å². The molecule has 0 saturated heterocycles. The molecule has 0 aliphatic rings. The van der Waals surface area contributed by atoms with Gasteiger partial charge in [-0.2, -0.15) is 0 Å². The van der Waals surface area contributed by atoms with Crippen LogP contribution in [0.25, 0.3) is 0 Å². The second kappa shape index (κ2) is 5.63. The molecule has 0 fully saturated rings. The fourth-order valence-electron chi connectivity index (χ4n) is 1.68. The summed E-state index contributed by atoms with van der Waals surface area (Å²) in [4.78, 5) is 11.8. The van der Waals surface area contributed by atoms with Gasteiger partial charge in [0.15, 0.2) is 0 Å². The first-order chi connectivity index (χ1) is 9.04. The number of rotatable bonds is 3. The van der Waals surface area contributed by atoms with Crippen molar-refractivity contribution < 1.29 is 9.90 Å². The molecule has 0 unspecified atom stereocenters. The van der Waals surface area contributed by atoms with E-state index < -0.39 is 0 Å². The Balaban J connectivity index is 2.03. The molecule has 4 N–H and O–H groups in total. The molecule has 0 aliphatic heterocycles. The lowest BCUT2D eigenvalue weighted by molar-refractivity contribution is -0.115. The van der Waals surface area contributed by atoms with Gasteiger partial charge in [-0.05, 0) is 35.9 Å². The molecule has 2 rings (SSSR count). The first kappa shape index (κ1) is 13.2. The minimum atomic E-state index is -0.188. The lowest BCUT2D eigenvalue weighted by Gasteiger charge is -2.07. The molecular formula is C14H13ClN2O2. The Morgan fingerprint density at radius 3 is 2.74 bits per heavy atom. The summed E-state index contributed by atoms with van der Waals surface area (Å²) in [6, 6.07) is 11.5. The van der Waals surface area contributed by atoms with Gasteiger partial charge in [-0.15, -0.1) is 0 Å². The topological polar surface area (TPSA) is 75.3 Å². The smallest absolute Gasteiger partial charge is 0.228 e. The molecule has 98 valence electrons. The van der Waals surface area contributed by atoms with Crippen LogP contribution in [0.4, 0.5) is 11.4 Å². The van der Waals surface area contributed by atoms with Gasteiger partial charge in [0, 0.05) is 5.69 Å². The van der Waals surface area contributed by atoms with Crippen molar-refractivity contribution in [3.8, 4) is 5.75 Å². The molecule has 0 radical (unpaired) electrons. The van der Waals surface area contributed by atoms with Crippen LogP contribution in [0.1, 0.15) is 5.56 Å². The Morgan fingerprint density at radius 1 is 1.26 bits per heavy atom. The van der Waals surface area contributed by atoms with Gasteiger partial charge >= 0.3 is 0 Å². The molecular weight excluding hydrogens is 264 g/mol. The Kier molecular flexibility index (Phi) is 3.92. The average molecular weight is 277 g/mol. The summed E-state index contributed by atoms with van der Waals surface area (Å²) in [5, 5.41) is 12.5. The number of carbonyl (C=O) groups is 1. The molecule has 0 spiro atoms. The van der Waals surface area contributed by atoms with Crippen LogP contribution in [0, 0.1) is 0 Å². The number of benzene rings is 2. The Bertz CT molecular complexity index is 614. The summed E-state index contributed by atoms with van der Waals surface area (Å²) in [5.74, 6) is -0.0478. The maximum atomic E-state index is 11.8. The molecule has 19 heavy (non-hydrogen) atoms. The molecule has 2 aromatic rings. The van der Waals surface area contributed by atoms with Gasteiger partial charge in [0.25, 0.3) is 0 Å². The van der Waals surface area contributed by atoms with Crippen molar-refractivity contribution in [2.24, 2.45) is 0 Å².